The Balaban J connectivity index is 2.03. The first-order valence-corrected chi connectivity index (χ1v) is 17.9. The molecule has 0 unspecified atom stereocenters. The Hall–Kier alpha value is -4.37. The maximum Gasteiger partial charge on any atom is 0.333 e. The molecule has 0 aromatic heterocycles. The Kier molecular flexibility index (Phi) is 16.5. The molecule has 0 amide bonds. The van der Waals surface area contributed by atoms with Crippen LogP contribution in [0.3, 0.4) is 0 Å². The van der Waals surface area contributed by atoms with Gasteiger partial charge in [0.15, 0.2) is 0 Å². The molecular formula is C42H54N2O4. The first kappa shape index (κ1) is 38.1. The molecule has 0 atom stereocenters. The molecule has 1 aliphatic heterocycles. The highest BCUT2D eigenvalue weighted by Gasteiger charge is 2.21. The number of aryl methyl sites for hydroxylation is 2. The van der Waals surface area contributed by atoms with Gasteiger partial charge in [-0.2, -0.15) is 0 Å². The first-order chi connectivity index (χ1) is 23.3. The monoisotopic (exact) mass is 650 g/mol. The zero-order chi connectivity index (χ0) is 34.7. The van der Waals surface area contributed by atoms with Gasteiger partial charge in [0.25, 0.3) is 12.2 Å². The highest BCUT2D eigenvalue weighted by Crippen LogP contribution is 2.38. The van der Waals surface area contributed by atoms with Crippen LogP contribution < -0.4 is 4.90 Å². The van der Waals surface area contributed by atoms with Crippen molar-refractivity contribution in [1.29, 1.82) is 0 Å². The summed E-state index contributed by atoms with van der Waals surface area (Å²) in [5.41, 5.74) is 9.03. The predicted octanol–water partition coefficient (Wildman–Crippen LogP) is 11.4. The van der Waals surface area contributed by atoms with Crippen molar-refractivity contribution < 1.29 is 19.4 Å². The average Bonchev–Trinajstić information content (AvgIpc) is 3.21. The van der Waals surface area contributed by atoms with E-state index in [1.165, 1.54) is 41.8 Å². The van der Waals surface area contributed by atoms with Gasteiger partial charge in [-0.15, -0.1) is 0 Å². The quantitative estimate of drug-likeness (QED) is 0.0385. The summed E-state index contributed by atoms with van der Waals surface area (Å²) in [6.07, 6.45) is 22.4. The highest BCUT2D eigenvalue weighted by molar-refractivity contribution is 5.89. The lowest BCUT2D eigenvalue weighted by Gasteiger charge is -2.27. The van der Waals surface area contributed by atoms with Crippen LogP contribution in [0.15, 0.2) is 71.2 Å². The SMILES string of the molecule is [C-]#[N+]/C(=C/C(=C/c1ccc2c(c1)CCc1cc(/C=C(/C=C(/C)OC=O)CCCCC)ccc1N2CCCCCC)CCCCC)C(=O)O. The number of benzene rings is 2. The van der Waals surface area contributed by atoms with Gasteiger partial charge in [0.1, 0.15) is 5.76 Å². The largest absolute Gasteiger partial charge is 0.486 e. The molecule has 1 N–H and O–H groups in total. The summed E-state index contributed by atoms with van der Waals surface area (Å²) in [5, 5.41) is 9.51. The Morgan fingerprint density at radius 3 is 1.81 bits per heavy atom. The smallest absolute Gasteiger partial charge is 0.333 e. The third kappa shape index (κ3) is 12.0. The summed E-state index contributed by atoms with van der Waals surface area (Å²) in [6, 6.07) is 13.4. The number of carbonyl (C=O) groups excluding carboxylic acids is 1. The number of allylic oxidation sites excluding steroid dienone is 5. The first-order valence-electron chi connectivity index (χ1n) is 17.9. The summed E-state index contributed by atoms with van der Waals surface area (Å²) in [7, 11) is 0. The molecular weight excluding hydrogens is 596 g/mol. The summed E-state index contributed by atoms with van der Waals surface area (Å²) in [4.78, 5) is 28.3. The van der Waals surface area contributed by atoms with Crippen molar-refractivity contribution in [3.8, 4) is 0 Å². The lowest BCUT2D eigenvalue weighted by Crippen LogP contribution is -2.20. The molecule has 1 heterocycles. The summed E-state index contributed by atoms with van der Waals surface area (Å²) in [5.74, 6) is -0.592. The van der Waals surface area contributed by atoms with Crippen LogP contribution in [0.5, 0.6) is 0 Å². The van der Waals surface area contributed by atoms with Crippen LogP contribution in [0, 0.1) is 6.57 Å². The molecule has 0 fully saturated rings. The number of carboxylic acids is 1. The van der Waals surface area contributed by atoms with Crippen LogP contribution in [0.4, 0.5) is 11.4 Å². The second-order valence-electron chi connectivity index (χ2n) is 12.8. The molecule has 0 saturated carbocycles. The number of anilines is 2. The fourth-order valence-electron chi connectivity index (χ4n) is 6.30. The molecule has 3 rings (SSSR count). The number of aliphatic carboxylic acids is 1. The lowest BCUT2D eigenvalue weighted by atomic mass is 9.98. The van der Waals surface area contributed by atoms with E-state index in [9.17, 15) is 14.7 Å². The van der Waals surface area contributed by atoms with E-state index < -0.39 is 5.97 Å². The number of nitrogens with zero attached hydrogens (tertiary/aromatic N) is 2. The maximum absolute atomic E-state index is 11.6. The fraction of sp³-hybridized carbons (Fsp3) is 0.452. The van der Waals surface area contributed by atoms with Gasteiger partial charge in [-0.3, -0.25) is 9.59 Å². The number of hydrogen-bond donors (Lipinski definition) is 1. The van der Waals surface area contributed by atoms with Gasteiger partial charge in [0.2, 0.25) is 0 Å². The third-order valence-electron chi connectivity index (χ3n) is 8.81. The molecule has 0 radical (unpaired) electrons. The molecule has 6 nitrogen and oxygen atoms in total. The molecule has 1 aliphatic rings. The average molecular weight is 651 g/mol. The van der Waals surface area contributed by atoms with E-state index >= 15 is 0 Å². The predicted molar refractivity (Wildman–Crippen MR) is 199 cm³/mol. The van der Waals surface area contributed by atoms with Crippen molar-refractivity contribution in [3.63, 3.8) is 0 Å². The van der Waals surface area contributed by atoms with Crippen LogP contribution in [0.1, 0.15) is 127 Å². The minimum absolute atomic E-state index is 0.249. The van der Waals surface area contributed by atoms with Crippen molar-refractivity contribution in [3.05, 3.63) is 105 Å². The minimum atomic E-state index is -1.19. The van der Waals surface area contributed by atoms with E-state index in [0.29, 0.717) is 12.2 Å². The van der Waals surface area contributed by atoms with Crippen LogP contribution in [-0.2, 0) is 27.2 Å². The minimum Gasteiger partial charge on any atom is -0.486 e. The maximum atomic E-state index is 11.6. The van der Waals surface area contributed by atoms with Crippen LogP contribution in [-0.4, -0.2) is 24.1 Å². The molecule has 0 saturated heterocycles. The molecule has 0 aliphatic carbocycles. The Labute approximate surface area is 288 Å². The van der Waals surface area contributed by atoms with Gasteiger partial charge >= 0.3 is 5.97 Å². The number of carboxylic acid groups (broad SMARTS) is 1. The van der Waals surface area contributed by atoms with E-state index in [4.69, 9.17) is 11.3 Å². The Morgan fingerprint density at radius 2 is 1.33 bits per heavy atom. The van der Waals surface area contributed by atoms with Crippen LogP contribution in [0.2, 0.25) is 0 Å². The summed E-state index contributed by atoms with van der Waals surface area (Å²) in [6.45, 7) is 17.2. The zero-order valence-corrected chi connectivity index (χ0v) is 29.5. The fourth-order valence-corrected chi connectivity index (χ4v) is 6.30. The number of unbranched alkanes of at least 4 members (excludes halogenated alkanes) is 7. The number of hydrogen-bond acceptors (Lipinski definition) is 4. The van der Waals surface area contributed by atoms with Crippen molar-refractivity contribution in [2.75, 3.05) is 11.4 Å². The van der Waals surface area contributed by atoms with Crippen molar-refractivity contribution in [2.24, 2.45) is 0 Å². The van der Waals surface area contributed by atoms with Crippen molar-refractivity contribution in [1.82, 2.24) is 0 Å². The van der Waals surface area contributed by atoms with Gasteiger partial charge in [-0.1, -0.05) is 95.6 Å². The van der Waals surface area contributed by atoms with E-state index in [2.05, 4.69) is 79.1 Å². The van der Waals surface area contributed by atoms with E-state index in [0.717, 1.165) is 99.4 Å². The number of ether oxygens (including phenoxy) is 1. The number of fused-ring (bicyclic) bond motifs is 2. The van der Waals surface area contributed by atoms with Crippen molar-refractivity contribution >= 4 is 36.0 Å². The van der Waals surface area contributed by atoms with Gasteiger partial charge < -0.3 is 14.7 Å². The molecule has 48 heavy (non-hydrogen) atoms. The van der Waals surface area contributed by atoms with Gasteiger partial charge in [0, 0.05) is 17.9 Å². The molecule has 2 aromatic rings. The topological polar surface area (TPSA) is 71.2 Å². The summed E-state index contributed by atoms with van der Waals surface area (Å²) >= 11 is 0. The van der Waals surface area contributed by atoms with Crippen molar-refractivity contribution in [2.45, 2.75) is 118 Å². The molecule has 6 heteroatoms. The standard InChI is InChI=1S/C42H54N2O4/c1-6-9-12-15-24-44-40-22-18-35(26-33(16-13-10-7-2)25-32(4)48-31-45)28-37(40)20-21-38-29-36(19-23-41(38)44)27-34(17-14-11-8-3)30-39(43-5)42(46)47/h18-19,22-23,25-31H,6-17,20-21,24H2,1-4H3,(H,46,47)/b32-25-,33-26+,34-27+,39-30+. The molecule has 0 bridgehead atoms. The number of carbonyl (C=O) groups is 2. The lowest BCUT2D eigenvalue weighted by molar-refractivity contribution is -0.132. The molecule has 0 spiro atoms. The molecule has 256 valence electrons. The Bertz CT molecular complexity index is 1540. The second kappa shape index (κ2) is 20.8. The highest BCUT2D eigenvalue weighted by atomic mass is 16.5. The molecule has 2 aromatic carbocycles. The summed E-state index contributed by atoms with van der Waals surface area (Å²) < 4.78 is 5.11. The Morgan fingerprint density at radius 1 is 0.812 bits per heavy atom. The van der Waals surface area contributed by atoms with Gasteiger partial charge in [-0.05, 0) is 116 Å². The van der Waals surface area contributed by atoms with Crippen LogP contribution >= 0.6 is 0 Å². The number of rotatable bonds is 20. The van der Waals surface area contributed by atoms with Crippen LogP contribution in [0.25, 0.3) is 17.0 Å². The van der Waals surface area contributed by atoms with E-state index in [1.54, 1.807) is 6.08 Å². The van der Waals surface area contributed by atoms with Gasteiger partial charge in [0.05, 0.1) is 6.57 Å². The normalized spacial score (nSPS) is 13.8. The van der Waals surface area contributed by atoms with E-state index in [-0.39, 0.29) is 5.70 Å². The van der Waals surface area contributed by atoms with E-state index in [1.807, 2.05) is 13.0 Å². The second-order valence-corrected chi connectivity index (χ2v) is 12.8. The third-order valence-corrected chi connectivity index (χ3v) is 8.81. The van der Waals surface area contributed by atoms with Gasteiger partial charge in [-0.25, -0.2) is 4.85 Å². The zero-order valence-electron chi connectivity index (χ0n) is 29.5.